The Morgan fingerprint density at radius 2 is 1.91 bits per heavy atom. The summed E-state index contributed by atoms with van der Waals surface area (Å²) < 4.78 is 6.33. The summed E-state index contributed by atoms with van der Waals surface area (Å²) >= 11 is 1.57. The number of morpholine rings is 1. The summed E-state index contributed by atoms with van der Waals surface area (Å²) in [6.45, 7) is 9.96. The molecule has 1 atom stereocenters. The van der Waals surface area contributed by atoms with Crippen molar-refractivity contribution in [2.24, 2.45) is 0 Å². The molecule has 3 N–H and O–H groups in total. The highest BCUT2D eigenvalue weighted by molar-refractivity contribution is 7.09. The van der Waals surface area contributed by atoms with Crippen molar-refractivity contribution in [2.45, 2.75) is 57.3 Å². The van der Waals surface area contributed by atoms with Gasteiger partial charge in [-0.3, -0.25) is 14.5 Å². The van der Waals surface area contributed by atoms with E-state index in [0.29, 0.717) is 37.9 Å². The summed E-state index contributed by atoms with van der Waals surface area (Å²) in [5.74, 6) is 0.348. The standard InChI is InChI=1S/C35H43N5O4S/c1-24(2)33-38-30(22-45-33)34(43)40-17-18-44-35(23-40)12-15-39(16-13-35)21-26-6-3-5-25(19-26)11-14-36-20-31(41)28-7-4-8-29-27(28)9-10-32(42)37-29/h3-10,19,22,24,31,36,41H,11-18,20-21,23H2,1-2H3,(H,37,42). The van der Waals surface area contributed by atoms with Gasteiger partial charge in [-0.2, -0.15) is 0 Å². The number of nitrogens with one attached hydrogen (secondary N) is 2. The maximum Gasteiger partial charge on any atom is 0.273 e. The number of fused-ring (bicyclic) bond motifs is 1. The molecule has 4 heterocycles. The van der Waals surface area contributed by atoms with Crippen LogP contribution in [0.2, 0.25) is 0 Å². The van der Waals surface area contributed by atoms with Gasteiger partial charge in [-0.15, -0.1) is 11.3 Å². The first-order valence-corrected chi connectivity index (χ1v) is 16.9. The minimum atomic E-state index is -0.670. The fourth-order valence-corrected chi connectivity index (χ4v) is 7.29. The van der Waals surface area contributed by atoms with Crippen molar-refractivity contribution in [1.29, 1.82) is 0 Å². The smallest absolute Gasteiger partial charge is 0.273 e. The Kier molecular flexibility index (Phi) is 9.77. The SMILES string of the molecule is CC(C)c1nc(C(=O)N2CCOC3(CCN(Cc4cccc(CCNCC(O)c5cccc6[nH]c(=O)ccc56)c4)CC3)C2)cs1. The van der Waals surface area contributed by atoms with Crippen LogP contribution < -0.4 is 10.9 Å². The second-order valence-electron chi connectivity index (χ2n) is 12.7. The molecule has 1 unspecified atom stereocenters. The number of carbonyl (C=O) groups excluding carboxylic acids is 1. The summed E-state index contributed by atoms with van der Waals surface area (Å²) in [5, 5.41) is 18.0. The van der Waals surface area contributed by atoms with Crippen molar-refractivity contribution in [1.82, 2.24) is 25.1 Å². The van der Waals surface area contributed by atoms with Crippen LogP contribution in [0.25, 0.3) is 10.9 Å². The second kappa shape index (κ2) is 13.9. The molecule has 2 saturated heterocycles. The number of H-pyrrole nitrogens is 1. The van der Waals surface area contributed by atoms with Gasteiger partial charge in [0.1, 0.15) is 5.69 Å². The quantitative estimate of drug-likeness (QED) is 0.222. The highest BCUT2D eigenvalue weighted by Gasteiger charge is 2.41. The average molecular weight is 630 g/mol. The van der Waals surface area contributed by atoms with E-state index in [1.165, 1.54) is 17.2 Å². The van der Waals surface area contributed by atoms with Gasteiger partial charge < -0.3 is 25.0 Å². The van der Waals surface area contributed by atoms with Crippen LogP contribution in [0, 0.1) is 0 Å². The lowest BCUT2D eigenvalue weighted by Crippen LogP contribution is -2.58. The van der Waals surface area contributed by atoms with Crippen molar-refractivity contribution in [3.63, 3.8) is 0 Å². The first kappa shape index (κ1) is 31.6. The van der Waals surface area contributed by atoms with E-state index >= 15 is 0 Å². The number of piperidine rings is 1. The number of pyridine rings is 1. The summed E-state index contributed by atoms with van der Waals surface area (Å²) in [7, 11) is 0. The van der Waals surface area contributed by atoms with E-state index in [1.807, 2.05) is 28.5 Å². The fraction of sp³-hybridized carbons (Fsp3) is 0.457. The van der Waals surface area contributed by atoms with Crippen LogP contribution in [-0.4, -0.2) is 82.3 Å². The number of aliphatic hydroxyl groups is 1. The molecule has 9 nitrogen and oxygen atoms in total. The van der Waals surface area contributed by atoms with Crippen LogP contribution >= 0.6 is 11.3 Å². The average Bonchev–Trinajstić information content (AvgIpc) is 3.55. The lowest BCUT2D eigenvalue weighted by molar-refractivity contribution is -0.128. The second-order valence-corrected chi connectivity index (χ2v) is 13.6. The van der Waals surface area contributed by atoms with Gasteiger partial charge in [0.2, 0.25) is 5.56 Å². The van der Waals surface area contributed by atoms with Gasteiger partial charge in [-0.05, 0) is 54.6 Å². The number of carbonyl (C=O) groups is 1. The molecule has 10 heteroatoms. The van der Waals surface area contributed by atoms with Crippen LogP contribution in [0.5, 0.6) is 0 Å². The van der Waals surface area contributed by atoms with Crippen LogP contribution in [0.1, 0.15) is 70.9 Å². The minimum Gasteiger partial charge on any atom is -0.387 e. The first-order valence-electron chi connectivity index (χ1n) is 16.0. The molecule has 4 aromatic rings. The molecule has 45 heavy (non-hydrogen) atoms. The topological polar surface area (TPSA) is 111 Å². The van der Waals surface area contributed by atoms with Crippen LogP contribution in [0.3, 0.4) is 0 Å². The zero-order valence-electron chi connectivity index (χ0n) is 26.1. The molecule has 1 amide bonds. The summed E-state index contributed by atoms with van der Waals surface area (Å²) in [6.07, 6.45) is 2.01. The molecular formula is C35H43N5O4S. The van der Waals surface area contributed by atoms with Gasteiger partial charge in [-0.25, -0.2) is 4.98 Å². The summed E-state index contributed by atoms with van der Waals surface area (Å²) in [5.41, 5.74) is 4.23. The Balaban J connectivity index is 0.965. The maximum atomic E-state index is 13.2. The van der Waals surface area contributed by atoms with E-state index in [9.17, 15) is 14.7 Å². The van der Waals surface area contributed by atoms with Crippen LogP contribution in [0.15, 0.2) is 64.8 Å². The summed E-state index contributed by atoms with van der Waals surface area (Å²) in [4.78, 5) is 36.7. The molecule has 0 radical (unpaired) electrons. The summed E-state index contributed by atoms with van der Waals surface area (Å²) in [6, 6.07) is 17.6. The Bertz CT molecular complexity index is 1680. The molecule has 2 aromatic heterocycles. The Hall–Kier alpha value is -3.41. The van der Waals surface area contributed by atoms with Crippen molar-refractivity contribution in [3.05, 3.63) is 97.7 Å². The Labute approximate surface area is 268 Å². The van der Waals surface area contributed by atoms with E-state index in [2.05, 4.69) is 58.3 Å². The van der Waals surface area contributed by atoms with E-state index in [0.717, 1.165) is 66.9 Å². The maximum absolute atomic E-state index is 13.2. The predicted molar refractivity (Wildman–Crippen MR) is 178 cm³/mol. The number of aliphatic hydroxyl groups excluding tert-OH is 1. The normalized spacial score (nSPS) is 17.7. The molecule has 0 aliphatic carbocycles. The molecule has 2 aliphatic heterocycles. The lowest BCUT2D eigenvalue weighted by Gasteiger charge is -2.47. The van der Waals surface area contributed by atoms with Gasteiger partial charge >= 0.3 is 0 Å². The zero-order valence-corrected chi connectivity index (χ0v) is 26.9. The highest BCUT2D eigenvalue weighted by atomic mass is 32.1. The third-order valence-corrected chi connectivity index (χ3v) is 10.2. The van der Waals surface area contributed by atoms with E-state index in [-0.39, 0.29) is 17.1 Å². The van der Waals surface area contributed by atoms with Crippen molar-refractivity contribution in [2.75, 3.05) is 45.9 Å². The van der Waals surface area contributed by atoms with Gasteiger partial charge in [0.25, 0.3) is 5.91 Å². The number of aromatic amines is 1. The van der Waals surface area contributed by atoms with E-state index in [1.54, 1.807) is 17.4 Å². The largest absolute Gasteiger partial charge is 0.387 e. The number of likely N-dealkylation sites (tertiary alicyclic amines) is 1. The molecule has 2 aromatic carbocycles. The molecule has 0 bridgehead atoms. The zero-order chi connectivity index (χ0) is 31.4. The lowest BCUT2D eigenvalue weighted by atomic mass is 9.89. The molecule has 6 rings (SSSR count). The minimum absolute atomic E-state index is 0.0233. The number of benzene rings is 2. The Morgan fingerprint density at radius 3 is 2.71 bits per heavy atom. The molecule has 238 valence electrons. The molecule has 1 spiro atoms. The Morgan fingerprint density at radius 1 is 1.11 bits per heavy atom. The monoisotopic (exact) mass is 629 g/mol. The number of aromatic nitrogens is 2. The molecule has 2 aliphatic rings. The van der Waals surface area contributed by atoms with E-state index < -0.39 is 6.10 Å². The number of rotatable bonds is 10. The van der Waals surface area contributed by atoms with Crippen molar-refractivity contribution in [3.8, 4) is 0 Å². The first-order chi connectivity index (χ1) is 21.8. The number of amides is 1. The molecule has 2 fully saturated rings. The van der Waals surface area contributed by atoms with Crippen LogP contribution in [0.4, 0.5) is 0 Å². The molecular weight excluding hydrogens is 586 g/mol. The van der Waals surface area contributed by atoms with E-state index in [4.69, 9.17) is 4.74 Å². The van der Waals surface area contributed by atoms with Gasteiger partial charge in [0.15, 0.2) is 0 Å². The van der Waals surface area contributed by atoms with Gasteiger partial charge in [0.05, 0.1) is 29.9 Å². The fourth-order valence-electron chi connectivity index (χ4n) is 6.48. The van der Waals surface area contributed by atoms with Crippen molar-refractivity contribution >= 4 is 28.1 Å². The number of hydrogen-bond acceptors (Lipinski definition) is 8. The number of nitrogens with zero attached hydrogens (tertiary/aromatic N) is 3. The van der Waals surface area contributed by atoms with Gasteiger partial charge in [0, 0.05) is 61.0 Å². The number of thiazole rings is 1. The highest BCUT2D eigenvalue weighted by Crippen LogP contribution is 2.32. The van der Waals surface area contributed by atoms with Gasteiger partial charge in [-0.1, -0.05) is 50.2 Å². The number of ether oxygens (including phenoxy) is 1. The van der Waals surface area contributed by atoms with Crippen molar-refractivity contribution < 1.29 is 14.6 Å². The predicted octanol–water partition coefficient (Wildman–Crippen LogP) is 4.48. The molecule has 0 saturated carbocycles. The number of hydrogen-bond donors (Lipinski definition) is 3. The third-order valence-electron chi connectivity index (χ3n) is 9.02. The van der Waals surface area contributed by atoms with Crippen LogP contribution in [-0.2, 0) is 17.7 Å². The third kappa shape index (κ3) is 7.53.